The molecule has 0 aliphatic carbocycles. The largest absolute Gasteiger partial charge is 0.493 e. The van der Waals surface area contributed by atoms with E-state index in [0.29, 0.717) is 25.1 Å². The fraction of sp³-hybridized carbons (Fsp3) is 0.250. The molecule has 116 valence electrons. The third-order valence-electron chi connectivity index (χ3n) is 2.87. The summed E-state index contributed by atoms with van der Waals surface area (Å²) in [6.45, 7) is 4.13. The predicted octanol–water partition coefficient (Wildman–Crippen LogP) is 3.64. The number of nitrogens with zero attached hydrogens (tertiary/aromatic N) is 1. The van der Waals surface area contributed by atoms with Gasteiger partial charge in [0.15, 0.2) is 5.82 Å². The van der Waals surface area contributed by atoms with Gasteiger partial charge in [-0.15, -0.1) is 0 Å². The van der Waals surface area contributed by atoms with Crippen molar-refractivity contribution in [2.45, 2.75) is 13.8 Å². The van der Waals surface area contributed by atoms with Gasteiger partial charge in [-0.1, -0.05) is 0 Å². The van der Waals surface area contributed by atoms with Crippen molar-refractivity contribution >= 4 is 6.29 Å². The van der Waals surface area contributed by atoms with Gasteiger partial charge in [-0.2, -0.15) is 0 Å². The summed E-state index contributed by atoms with van der Waals surface area (Å²) in [7, 11) is 0. The van der Waals surface area contributed by atoms with E-state index in [4.69, 9.17) is 9.47 Å². The van der Waals surface area contributed by atoms with E-state index in [1.165, 1.54) is 12.1 Å². The van der Waals surface area contributed by atoms with Crippen LogP contribution in [0.25, 0.3) is 11.3 Å². The lowest BCUT2D eigenvalue weighted by molar-refractivity contribution is 0.112. The van der Waals surface area contributed by atoms with Crippen molar-refractivity contribution in [2.75, 3.05) is 13.2 Å². The standard InChI is InChI=1S/C16H15F2NO3/c1-3-21-13-5-10(9-20)6-14(22-4-2)15(13)16-12(18)7-11(17)8-19-16/h5-9H,3-4H2,1-2H3. The number of pyridine rings is 1. The van der Waals surface area contributed by atoms with Crippen molar-refractivity contribution in [1.82, 2.24) is 4.98 Å². The summed E-state index contributed by atoms with van der Waals surface area (Å²) < 4.78 is 38.1. The lowest BCUT2D eigenvalue weighted by atomic mass is 10.0. The zero-order valence-corrected chi connectivity index (χ0v) is 12.2. The first-order chi connectivity index (χ1) is 10.6. The Bertz CT molecular complexity index is 662. The smallest absolute Gasteiger partial charge is 0.152 e. The molecule has 0 aliphatic heterocycles. The third-order valence-corrected chi connectivity index (χ3v) is 2.87. The topological polar surface area (TPSA) is 48.4 Å². The van der Waals surface area contributed by atoms with E-state index >= 15 is 0 Å². The molecule has 0 radical (unpaired) electrons. The second-order valence-corrected chi connectivity index (χ2v) is 4.36. The van der Waals surface area contributed by atoms with E-state index in [2.05, 4.69) is 4.98 Å². The predicted molar refractivity (Wildman–Crippen MR) is 77.3 cm³/mol. The maximum atomic E-state index is 14.1. The van der Waals surface area contributed by atoms with Crippen molar-refractivity contribution in [3.8, 4) is 22.8 Å². The molecule has 1 heterocycles. The molecule has 0 N–H and O–H groups in total. The average Bonchev–Trinajstić information content (AvgIpc) is 2.49. The number of aromatic nitrogens is 1. The first-order valence-corrected chi connectivity index (χ1v) is 6.80. The molecule has 0 unspecified atom stereocenters. The number of aldehydes is 1. The van der Waals surface area contributed by atoms with Crippen molar-refractivity contribution in [2.24, 2.45) is 0 Å². The number of benzene rings is 1. The van der Waals surface area contributed by atoms with Crippen LogP contribution in [0, 0.1) is 11.6 Å². The maximum absolute atomic E-state index is 14.1. The molecule has 2 aromatic rings. The molecule has 0 aliphatic rings. The Balaban J connectivity index is 2.71. The van der Waals surface area contributed by atoms with Crippen molar-refractivity contribution in [3.05, 3.63) is 41.6 Å². The Morgan fingerprint density at radius 1 is 1.09 bits per heavy atom. The highest BCUT2D eigenvalue weighted by Crippen LogP contribution is 2.39. The molecule has 1 aromatic heterocycles. The maximum Gasteiger partial charge on any atom is 0.152 e. The van der Waals surface area contributed by atoms with Gasteiger partial charge in [0.2, 0.25) is 0 Å². The molecule has 0 fully saturated rings. The Morgan fingerprint density at radius 2 is 1.68 bits per heavy atom. The SMILES string of the molecule is CCOc1cc(C=O)cc(OCC)c1-c1ncc(F)cc1F. The monoisotopic (exact) mass is 307 g/mol. The highest BCUT2D eigenvalue weighted by atomic mass is 19.1. The van der Waals surface area contributed by atoms with E-state index in [9.17, 15) is 13.6 Å². The van der Waals surface area contributed by atoms with Gasteiger partial charge in [0.1, 0.15) is 29.3 Å². The second-order valence-electron chi connectivity index (χ2n) is 4.36. The molecule has 1 aromatic carbocycles. The van der Waals surface area contributed by atoms with E-state index in [1.54, 1.807) is 13.8 Å². The van der Waals surface area contributed by atoms with E-state index < -0.39 is 11.6 Å². The van der Waals surface area contributed by atoms with E-state index in [-0.39, 0.29) is 22.8 Å². The molecule has 0 amide bonds. The molecule has 0 saturated heterocycles. The minimum Gasteiger partial charge on any atom is -0.493 e. The second kappa shape index (κ2) is 6.98. The van der Waals surface area contributed by atoms with Gasteiger partial charge in [0.05, 0.1) is 25.0 Å². The summed E-state index contributed by atoms with van der Waals surface area (Å²) in [4.78, 5) is 14.8. The van der Waals surface area contributed by atoms with Gasteiger partial charge >= 0.3 is 0 Å². The first kappa shape index (κ1) is 15.9. The van der Waals surface area contributed by atoms with Crippen LogP contribution < -0.4 is 9.47 Å². The highest BCUT2D eigenvalue weighted by molar-refractivity contribution is 5.83. The molecular weight excluding hydrogens is 292 g/mol. The Labute approximate surface area is 126 Å². The van der Waals surface area contributed by atoms with Crippen LogP contribution in [-0.4, -0.2) is 24.5 Å². The Hall–Kier alpha value is -2.50. The van der Waals surface area contributed by atoms with Gasteiger partial charge in [-0.05, 0) is 26.0 Å². The number of carbonyl (C=O) groups is 1. The lowest BCUT2D eigenvalue weighted by Crippen LogP contribution is -2.03. The van der Waals surface area contributed by atoms with Crippen molar-refractivity contribution in [1.29, 1.82) is 0 Å². The zero-order chi connectivity index (χ0) is 16.1. The van der Waals surface area contributed by atoms with Gasteiger partial charge in [-0.3, -0.25) is 4.79 Å². The van der Waals surface area contributed by atoms with E-state index in [0.717, 1.165) is 12.3 Å². The Kier molecular flexibility index (Phi) is 5.04. The molecular formula is C16H15F2NO3. The normalized spacial score (nSPS) is 10.4. The van der Waals surface area contributed by atoms with Crippen LogP contribution in [0.15, 0.2) is 24.4 Å². The fourth-order valence-electron chi connectivity index (χ4n) is 2.05. The summed E-state index contributed by atoms with van der Waals surface area (Å²) in [5.74, 6) is -1.09. The molecule has 0 bridgehead atoms. The summed E-state index contributed by atoms with van der Waals surface area (Å²) in [5.41, 5.74) is 0.496. The van der Waals surface area contributed by atoms with Gasteiger partial charge in [-0.25, -0.2) is 13.8 Å². The van der Waals surface area contributed by atoms with Crippen molar-refractivity contribution < 1.29 is 23.0 Å². The van der Waals surface area contributed by atoms with Crippen LogP contribution in [-0.2, 0) is 0 Å². The molecule has 0 atom stereocenters. The van der Waals surface area contributed by atoms with Crippen LogP contribution in [0.5, 0.6) is 11.5 Å². The molecule has 2 rings (SSSR count). The van der Waals surface area contributed by atoms with Crippen LogP contribution in [0.2, 0.25) is 0 Å². The molecule has 22 heavy (non-hydrogen) atoms. The van der Waals surface area contributed by atoms with Crippen LogP contribution in [0.4, 0.5) is 8.78 Å². The van der Waals surface area contributed by atoms with Gasteiger partial charge in [0, 0.05) is 11.6 Å². The van der Waals surface area contributed by atoms with Gasteiger partial charge in [0.25, 0.3) is 0 Å². The quantitative estimate of drug-likeness (QED) is 0.765. The number of hydrogen-bond donors (Lipinski definition) is 0. The van der Waals surface area contributed by atoms with Crippen LogP contribution in [0.3, 0.4) is 0 Å². The minimum atomic E-state index is -0.833. The Morgan fingerprint density at radius 3 is 2.14 bits per heavy atom. The number of rotatable bonds is 6. The first-order valence-electron chi connectivity index (χ1n) is 6.80. The molecule has 6 heteroatoms. The number of halogens is 2. The number of ether oxygens (including phenoxy) is 2. The summed E-state index contributed by atoms with van der Waals surface area (Å²) in [6.07, 6.45) is 1.56. The molecule has 4 nitrogen and oxygen atoms in total. The fourth-order valence-corrected chi connectivity index (χ4v) is 2.05. The summed E-state index contributed by atoms with van der Waals surface area (Å²) >= 11 is 0. The zero-order valence-electron chi connectivity index (χ0n) is 12.2. The highest BCUT2D eigenvalue weighted by Gasteiger charge is 2.20. The third kappa shape index (κ3) is 3.21. The van der Waals surface area contributed by atoms with Crippen LogP contribution >= 0.6 is 0 Å². The van der Waals surface area contributed by atoms with E-state index in [1.807, 2.05) is 0 Å². The minimum absolute atomic E-state index is 0.0919. The summed E-state index contributed by atoms with van der Waals surface area (Å²) in [6, 6.07) is 3.68. The van der Waals surface area contributed by atoms with Crippen molar-refractivity contribution in [3.63, 3.8) is 0 Å². The van der Waals surface area contributed by atoms with Crippen LogP contribution in [0.1, 0.15) is 24.2 Å². The number of hydrogen-bond acceptors (Lipinski definition) is 4. The summed E-state index contributed by atoms with van der Waals surface area (Å²) in [5, 5.41) is 0. The molecule has 0 saturated carbocycles. The van der Waals surface area contributed by atoms with Gasteiger partial charge < -0.3 is 9.47 Å². The number of carbonyl (C=O) groups excluding carboxylic acids is 1. The molecule has 0 spiro atoms. The lowest BCUT2D eigenvalue weighted by Gasteiger charge is -2.16. The average molecular weight is 307 g/mol.